The van der Waals surface area contributed by atoms with E-state index >= 15 is 0 Å². The van der Waals surface area contributed by atoms with Crippen LogP contribution in [0.1, 0.15) is 66.2 Å². The van der Waals surface area contributed by atoms with E-state index in [4.69, 9.17) is 15.2 Å². The van der Waals surface area contributed by atoms with Crippen LogP contribution in [0.15, 0.2) is 46.3 Å². The predicted octanol–water partition coefficient (Wildman–Crippen LogP) is 5.77. The SMILES string of the molecule is CCCCCCn1c(=O)c(OC=O)c(OC/C=C(\C)CCC=C(C)C)c2ccc(N)cc21. The molecule has 0 fully saturated rings. The van der Waals surface area contributed by atoms with Gasteiger partial charge in [0.1, 0.15) is 6.61 Å². The van der Waals surface area contributed by atoms with Gasteiger partial charge in [-0.15, -0.1) is 0 Å². The van der Waals surface area contributed by atoms with Gasteiger partial charge in [0.25, 0.3) is 12.0 Å². The average molecular weight is 441 g/mol. The molecule has 32 heavy (non-hydrogen) atoms. The number of anilines is 1. The normalized spacial score (nSPS) is 11.4. The molecule has 2 rings (SSSR count). The second kappa shape index (κ2) is 12.7. The number of nitrogens with two attached hydrogens (primary N) is 1. The van der Waals surface area contributed by atoms with Crippen molar-refractivity contribution in [2.45, 2.75) is 72.8 Å². The molecule has 0 aliphatic carbocycles. The number of ether oxygens (including phenoxy) is 2. The van der Waals surface area contributed by atoms with E-state index < -0.39 is 0 Å². The largest absolute Gasteiger partial charge is 0.485 e. The first-order chi connectivity index (χ1) is 15.4. The van der Waals surface area contributed by atoms with Gasteiger partial charge in [0, 0.05) is 17.6 Å². The number of nitrogen functional groups attached to an aromatic ring is 1. The van der Waals surface area contributed by atoms with Gasteiger partial charge in [0.05, 0.1) is 5.52 Å². The number of fused-ring (bicyclic) bond motifs is 1. The van der Waals surface area contributed by atoms with Crippen LogP contribution in [-0.4, -0.2) is 17.6 Å². The summed E-state index contributed by atoms with van der Waals surface area (Å²) in [6, 6.07) is 5.34. The third-order valence-corrected chi connectivity index (χ3v) is 5.35. The summed E-state index contributed by atoms with van der Waals surface area (Å²) in [5.74, 6) is 0.193. The molecule has 1 aromatic carbocycles. The number of carbonyl (C=O) groups excluding carboxylic acids is 1. The van der Waals surface area contributed by atoms with Gasteiger partial charge in [-0.05, 0) is 64.3 Å². The number of aromatic nitrogens is 1. The lowest BCUT2D eigenvalue weighted by Gasteiger charge is -2.17. The van der Waals surface area contributed by atoms with Gasteiger partial charge in [0.2, 0.25) is 5.75 Å². The van der Waals surface area contributed by atoms with Crippen molar-refractivity contribution >= 4 is 23.1 Å². The van der Waals surface area contributed by atoms with Crippen molar-refractivity contribution < 1.29 is 14.3 Å². The average Bonchev–Trinajstić information content (AvgIpc) is 2.74. The summed E-state index contributed by atoms with van der Waals surface area (Å²) >= 11 is 0. The Morgan fingerprint density at radius 3 is 2.56 bits per heavy atom. The van der Waals surface area contributed by atoms with Crippen LogP contribution in [0, 0.1) is 0 Å². The van der Waals surface area contributed by atoms with Gasteiger partial charge >= 0.3 is 0 Å². The Bertz CT molecular complexity index is 1030. The first-order valence-electron chi connectivity index (χ1n) is 11.4. The maximum atomic E-state index is 13.2. The van der Waals surface area contributed by atoms with Crippen molar-refractivity contribution in [1.29, 1.82) is 0 Å². The zero-order chi connectivity index (χ0) is 23.5. The number of rotatable bonds is 13. The number of hydrogen-bond acceptors (Lipinski definition) is 5. The van der Waals surface area contributed by atoms with Crippen LogP contribution in [0.3, 0.4) is 0 Å². The number of pyridine rings is 1. The van der Waals surface area contributed by atoms with E-state index in [0.29, 0.717) is 23.1 Å². The molecule has 174 valence electrons. The number of allylic oxidation sites excluding steroid dienone is 3. The molecule has 2 aromatic rings. The molecule has 0 aliphatic heterocycles. The van der Waals surface area contributed by atoms with Crippen molar-refractivity contribution in [3.63, 3.8) is 0 Å². The van der Waals surface area contributed by atoms with Crippen molar-refractivity contribution in [3.05, 3.63) is 51.9 Å². The summed E-state index contributed by atoms with van der Waals surface area (Å²) in [5.41, 5.74) is 9.37. The molecule has 0 unspecified atom stereocenters. The second-order valence-electron chi connectivity index (χ2n) is 8.35. The summed E-state index contributed by atoms with van der Waals surface area (Å²) < 4.78 is 12.7. The van der Waals surface area contributed by atoms with E-state index in [1.165, 1.54) is 11.1 Å². The summed E-state index contributed by atoms with van der Waals surface area (Å²) in [4.78, 5) is 24.4. The number of carbonyl (C=O) groups is 1. The predicted molar refractivity (Wildman–Crippen MR) is 131 cm³/mol. The second-order valence-corrected chi connectivity index (χ2v) is 8.35. The fraction of sp³-hybridized carbons (Fsp3) is 0.462. The highest BCUT2D eigenvalue weighted by Gasteiger charge is 2.20. The molecule has 1 aromatic heterocycles. The Balaban J connectivity index is 2.39. The van der Waals surface area contributed by atoms with Crippen LogP contribution in [0.25, 0.3) is 10.9 Å². The van der Waals surface area contributed by atoms with E-state index in [1.54, 1.807) is 16.7 Å². The molecule has 6 nitrogen and oxygen atoms in total. The molecular formula is C26H36N2O4. The van der Waals surface area contributed by atoms with E-state index in [0.717, 1.165) is 38.5 Å². The standard InChI is InChI=1S/C26H36N2O4/c1-5-6-7-8-15-28-23-17-21(27)12-13-22(23)24(25(26(28)30)32-18-29)31-16-14-20(4)11-9-10-19(2)3/h10,12-14,17-18H,5-9,11,15-16,27H2,1-4H3/b20-14+. The van der Waals surface area contributed by atoms with Crippen LogP contribution in [-0.2, 0) is 11.3 Å². The lowest BCUT2D eigenvalue weighted by Crippen LogP contribution is -2.24. The molecule has 0 aliphatic rings. The van der Waals surface area contributed by atoms with Crippen molar-refractivity contribution in [1.82, 2.24) is 4.57 Å². The molecule has 0 saturated heterocycles. The van der Waals surface area contributed by atoms with Crippen LogP contribution in [0.5, 0.6) is 11.5 Å². The smallest absolute Gasteiger partial charge is 0.298 e. The van der Waals surface area contributed by atoms with Gasteiger partial charge in [-0.25, -0.2) is 0 Å². The maximum absolute atomic E-state index is 13.2. The first kappa shape index (κ1) is 25.2. The van der Waals surface area contributed by atoms with E-state index in [9.17, 15) is 9.59 Å². The van der Waals surface area contributed by atoms with E-state index in [-0.39, 0.29) is 30.1 Å². The molecule has 0 bridgehead atoms. The fourth-order valence-corrected chi connectivity index (χ4v) is 3.59. The molecule has 1 heterocycles. The van der Waals surface area contributed by atoms with Crippen molar-refractivity contribution in [2.24, 2.45) is 0 Å². The molecular weight excluding hydrogens is 404 g/mol. The van der Waals surface area contributed by atoms with Crippen molar-refractivity contribution in [3.8, 4) is 11.5 Å². The van der Waals surface area contributed by atoms with Crippen LogP contribution < -0.4 is 20.8 Å². The van der Waals surface area contributed by atoms with Crippen molar-refractivity contribution in [2.75, 3.05) is 12.3 Å². The zero-order valence-corrected chi connectivity index (χ0v) is 19.8. The maximum Gasteiger partial charge on any atom is 0.298 e. The Hall–Kier alpha value is -3.02. The Kier molecular flexibility index (Phi) is 10.1. The van der Waals surface area contributed by atoms with Gasteiger partial charge in [0.15, 0.2) is 5.75 Å². The summed E-state index contributed by atoms with van der Waals surface area (Å²) in [6.45, 7) is 9.43. The van der Waals surface area contributed by atoms with Gasteiger partial charge in [-0.2, -0.15) is 0 Å². The van der Waals surface area contributed by atoms with Crippen LogP contribution >= 0.6 is 0 Å². The van der Waals surface area contributed by atoms with Crippen LogP contribution in [0.4, 0.5) is 5.69 Å². The number of hydrogen-bond donors (Lipinski definition) is 1. The number of benzene rings is 1. The highest BCUT2D eigenvalue weighted by molar-refractivity contribution is 5.90. The Morgan fingerprint density at radius 1 is 1.09 bits per heavy atom. The molecule has 0 radical (unpaired) electrons. The molecule has 0 atom stereocenters. The number of nitrogens with zero attached hydrogens (tertiary/aromatic N) is 1. The summed E-state index contributed by atoms with van der Waals surface area (Å²) in [5, 5.41) is 0.696. The summed E-state index contributed by atoms with van der Waals surface area (Å²) in [7, 11) is 0. The van der Waals surface area contributed by atoms with Crippen LogP contribution in [0.2, 0.25) is 0 Å². The third-order valence-electron chi connectivity index (χ3n) is 5.35. The minimum absolute atomic E-state index is 0.0802. The first-order valence-corrected chi connectivity index (χ1v) is 11.4. The van der Waals surface area contributed by atoms with E-state index in [2.05, 4.69) is 33.8 Å². The molecule has 0 saturated carbocycles. The fourth-order valence-electron chi connectivity index (χ4n) is 3.59. The number of aryl methyl sites for hydroxylation is 1. The summed E-state index contributed by atoms with van der Waals surface area (Å²) in [6.07, 6.45) is 10.2. The minimum Gasteiger partial charge on any atom is -0.485 e. The van der Waals surface area contributed by atoms with Gasteiger partial charge < -0.3 is 19.8 Å². The quantitative estimate of drug-likeness (QED) is 0.185. The third kappa shape index (κ3) is 7.01. The number of unbranched alkanes of at least 4 members (excludes halogenated alkanes) is 3. The Morgan fingerprint density at radius 2 is 1.88 bits per heavy atom. The van der Waals surface area contributed by atoms with Gasteiger partial charge in [-0.1, -0.05) is 43.4 Å². The van der Waals surface area contributed by atoms with E-state index in [1.807, 2.05) is 12.1 Å². The van der Waals surface area contributed by atoms with Gasteiger partial charge in [-0.3, -0.25) is 9.59 Å². The highest BCUT2D eigenvalue weighted by Crippen LogP contribution is 2.34. The minimum atomic E-state index is -0.383. The molecule has 2 N–H and O–H groups in total. The molecule has 6 heteroatoms. The topological polar surface area (TPSA) is 83.5 Å². The highest BCUT2D eigenvalue weighted by atomic mass is 16.5. The molecule has 0 spiro atoms. The zero-order valence-electron chi connectivity index (χ0n) is 19.8. The monoisotopic (exact) mass is 440 g/mol. The lowest BCUT2D eigenvalue weighted by atomic mass is 10.1. The Labute approximate surface area is 190 Å². The lowest BCUT2D eigenvalue weighted by molar-refractivity contribution is -0.120. The molecule has 0 amide bonds.